The molecule has 4 rings (SSSR count). The van der Waals surface area contributed by atoms with Crippen LogP contribution in [-0.4, -0.2) is 65.0 Å². The van der Waals surface area contributed by atoms with Gasteiger partial charge in [0.2, 0.25) is 5.91 Å². The van der Waals surface area contributed by atoms with Crippen LogP contribution in [0.15, 0.2) is 53.7 Å². The minimum atomic E-state index is -1.44. The Hall–Kier alpha value is -4.32. The lowest BCUT2D eigenvalue weighted by molar-refractivity contribution is -0.133. The predicted octanol–water partition coefficient (Wildman–Crippen LogP) is 4.33. The van der Waals surface area contributed by atoms with Crippen LogP contribution in [0.4, 0.5) is 24.1 Å². The first-order valence-electron chi connectivity index (χ1n) is 13.4. The van der Waals surface area contributed by atoms with E-state index >= 15 is 0 Å². The molecule has 10 nitrogen and oxygen atoms in total. The summed E-state index contributed by atoms with van der Waals surface area (Å²) in [6.45, 7) is 5.50. The van der Waals surface area contributed by atoms with E-state index in [0.717, 1.165) is 49.8 Å². The zero-order valence-electron chi connectivity index (χ0n) is 22.9. The molecule has 0 aromatic heterocycles. The fourth-order valence-corrected chi connectivity index (χ4v) is 5.37. The van der Waals surface area contributed by atoms with Crippen LogP contribution < -0.4 is 16.0 Å². The smallest absolute Gasteiger partial charge is 0.335 e. The maximum atomic E-state index is 14.0. The van der Waals surface area contributed by atoms with E-state index in [4.69, 9.17) is 0 Å². The number of likely N-dealkylation sites (tertiary alicyclic amines) is 1. The van der Waals surface area contributed by atoms with Crippen LogP contribution >= 0.6 is 0 Å². The van der Waals surface area contributed by atoms with Gasteiger partial charge >= 0.3 is 18.0 Å². The highest BCUT2D eigenvalue weighted by molar-refractivity contribution is 6.01. The lowest BCUT2D eigenvalue weighted by Crippen LogP contribution is -2.54. The Morgan fingerprint density at radius 1 is 1.05 bits per heavy atom. The highest BCUT2D eigenvalue weighted by Crippen LogP contribution is 2.34. The van der Waals surface area contributed by atoms with Crippen LogP contribution in [0.5, 0.6) is 0 Å². The molecule has 12 heteroatoms. The third-order valence-electron chi connectivity index (χ3n) is 7.35. The number of carbonyl (C=O) groups is 4. The molecule has 0 spiro atoms. The molecule has 2 aliphatic rings. The molecule has 0 radical (unpaired) electrons. The first-order chi connectivity index (χ1) is 19.5. The molecule has 2 aromatic rings. The molecule has 218 valence electrons. The summed E-state index contributed by atoms with van der Waals surface area (Å²) in [4.78, 5) is 52.2. The Balaban J connectivity index is 1.33. The lowest BCUT2D eigenvalue weighted by Gasteiger charge is -2.36. The van der Waals surface area contributed by atoms with Crippen molar-refractivity contribution in [2.45, 2.75) is 45.1 Å². The fraction of sp³-hybridized carbons (Fsp3) is 0.379. The van der Waals surface area contributed by atoms with Gasteiger partial charge in [0.05, 0.1) is 5.57 Å². The lowest BCUT2D eigenvalue weighted by atomic mass is 9.89. The number of amides is 5. The number of nitrogens with zero attached hydrogens (tertiary/aromatic N) is 2. The number of hydrogen-bond acceptors (Lipinski definition) is 5. The minimum Gasteiger partial charge on any atom is -0.478 e. The topological polar surface area (TPSA) is 131 Å². The number of carboxylic acid groups (broad SMARTS) is 1. The van der Waals surface area contributed by atoms with Crippen molar-refractivity contribution in [3.05, 3.63) is 76.5 Å². The second-order valence-electron chi connectivity index (χ2n) is 10.2. The quantitative estimate of drug-likeness (QED) is 0.350. The van der Waals surface area contributed by atoms with Gasteiger partial charge in [-0.3, -0.25) is 4.79 Å². The van der Waals surface area contributed by atoms with Gasteiger partial charge in [0.25, 0.3) is 0 Å². The van der Waals surface area contributed by atoms with Gasteiger partial charge in [-0.25, -0.2) is 28.1 Å². The summed E-state index contributed by atoms with van der Waals surface area (Å²) in [5.41, 5.74) is 1.60. The number of urea groups is 2. The molecule has 2 aromatic carbocycles. The number of halogens is 2. The van der Waals surface area contributed by atoms with Crippen molar-refractivity contribution >= 4 is 29.6 Å². The van der Waals surface area contributed by atoms with Crippen molar-refractivity contribution in [3.8, 4) is 0 Å². The summed E-state index contributed by atoms with van der Waals surface area (Å²) in [5, 5.41) is 17.6. The van der Waals surface area contributed by atoms with Crippen LogP contribution in [0, 0.1) is 11.6 Å². The molecule has 1 atom stereocenters. The molecule has 5 amide bonds. The zero-order chi connectivity index (χ0) is 29.7. The number of carboxylic acids is 1. The summed E-state index contributed by atoms with van der Waals surface area (Å²) in [6.07, 6.45) is 2.48. The van der Waals surface area contributed by atoms with Crippen molar-refractivity contribution in [2.24, 2.45) is 0 Å². The van der Waals surface area contributed by atoms with Crippen molar-refractivity contribution < 1.29 is 33.1 Å². The highest BCUT2D eigenvalue weighted by Gasteiger charge is 2.41. The number of rotatable bonds is 8. The SMILES string of the molecule is CC(=O)Nc1cccc(C2CCN(CCCNC(=O)N3C(=O)NC(C)=C(C(=O)O)C3c3ccc(F)c(F)c3)CC2)c1. The minimum absolute atomic E-state index is 0.00604. The molecule has 41 heavy (non-hydrogen) atoms. The molecular weight excluding hydrogens is 536 g/mol. The van der Waals surface area contributed by atoms with E-state index in [-0.39, 0.29) is 29.3 Å². The summed E-state index contributed by atoms with van der Waals surface area (Å²) in [5.74, 6) is -3.49. The molecule has 2 heterocycles. The van der Waals surface area contributed by atoms with E-state index in [1.54, 1.807) is 0 Å². The van der Waals surface area contributed by atoms with Crippen molar-refractivity contribution in [1.29, 1.82) is 0 Å². The second-order valence-corrected chi connectivity index (χ2v) is 10.2. The average molecular weight is 570 g/mol. The molecule has 1 saturated heterocycles. The van der Waals surface area contributed by atoms with E-state index in [0.29, 0.717) is 23.8 Å². The van der Waals surface area contributed by atoms with Crippen molar-refractivity contribution in [1.82, 2.24) is 20.4 Å². The molecule has 1 unspecified atom stereocenters. The largest absolute Gasteiger partial charge is 0.478 e. The standard InChI is InChI=1S/C29H33F2N5O5/c1-17-25(27(38)39)26(21-7-8-23(30)24(31)16-21)36(29(41)33-17)28(40)32-11-4-12-35-13-9-19(10-14-35)20-5-3-6-22(15-20)34-18(2)37/h3,5-8,15-16,19,26H,4,9-14H2,1-2H3,(H,32,40)(H,33,41)(H,34,37)(H,38,39). The first kappa shape index (κ1) is 29.7. The predicted molar refractivity (Wildman–Crippen MR) is 147 cm³/mol. The van der Waals surface area contributed by atoms with E-state index in [2.05, 4.69) is 26.9 Å². The molecule has 0 saturated carbocycles. The Morgan fingerprint density at radius 2 is 1.78 bits per heavy atom. The van der Waals surface area contributed by atoms with E-state index in [9.17, 15) is 33.1 Å². The molecule has 0 bridgehead atoms. The monoisotopic (exact) mass is 569 g/mol. The van der Waals surface area contributed by atoms with Crippen LogP contribution in [-0.2, 0) is 9.59 Å². The molecule has 2 aliphatic heterocycles. The van der Waals surface area contributed by atoms with Gasteiger partial charge in [0.15, 0.2) is 11.6 Å². The number of piperidine rings is 1. The summed E-state index contributed by atoms with van der Waals surface area (Å²) in [7, 11) is 0. The first-order valence-corrected chi connectivity index (χ1v) is 13.4. The van der Waals surface area contributed by atoms with Crippen LogP contribution in [0.1, 0.15) is 56.2 Å². The number of benzene rings is 2. The van der Waals surface area contributed by atoms with Gasteiger partial charge < -0.3 is 26.0 Å². The van der Waals surface area contributed by atoms with Crippen molar-refractivity contribution in [3.63, 3.8) is 0 Å². The molecule has 4 N–H and O–H groups in total. The van der Waals surface area contributed by atoms with Crippen LogP contribution in [0.2, 0.25) is 0 Å². The fourth-order valence-electron chi connectivity index (χ4n) is 5.37. The molecule has 0 aliphatic carbocycles. The van der Waals surface area contributed by atoms with E-state index in [1.165, 1.54) is 19.4 Å². The number of imide groups is 1. The number of hydrogen-bond donors (Lipinski definition) is 4. The Labute approximate surface area is 236 Å². The highest BCUT2D eigenvalue weighted by atomic mass is 19.2. The Kier molecular flexibility index (Phi) is 9.33. The van der Waals surface area contributed by atoms with Crippen molar-refractivity contribution in [2.75, 3.05) is 31.5 Å². The molecular formula is C29H33F2N5O5. The number of nitrogens with one attached hydrogen (secondary N) is 3. The third kappa shape index (κ3) is 7.07. The average Bonchev–Trinajstić information content (AvgIpc) is 2.92. The number of carbonyl (C=O) groups excluding carboxylic acids is 3. The second kappa shape index (κ2) is 12.9. The van der Waals surface area contributed by atoms with Gasteiger partial charge in [-0.2, -0.15) is 0 Å². The maximum Gasteiger partial charge on any atom is 0.335 e. The Bertz CT molecular complexity index is 1370. The van der Waals surface area contributed by atoms with Gasteiger partial charge in [0.1, 0.15) is 6.04 Å². The summed E-state index contributed by atoms with van der Waals surface area (Å²) in [6, 6.07) is 7.47. The third-order valence-corrected chi connectivity index (χ3v) is 7.35. The van der Waals surface area contributed by atoms with Crippen LogP contribution in [0.25, 0.3) is 0 Å². The molecule has 1 fully saturated rings. The number of aliphatic carboxylic acids is 1. The Morgan fingerprint density at radius 3 is 2.44 bits per heavy atom. The van der Waals surface area contributed by atoms with Gasteiger partial charge in [-0.15, -0.1) is 0 Å². The van der Waals surface area contributed by atoms with Gasteiger partial charge in [0, 0.05) is 24.9 Å². The van der Waals surface area contributed by atoms with E-state index < -0.39 is 35.7 Å². The zero-order valence-corrected chi connectivity index (χ0v) is 22.9. The maximum absolute atomic E-state index is 14.0. The van der Waals surface area contributed by atoms with Crippen LogP contribution in [0.3, 0.4) is 0 Å². The van der Waals surface area contributed by atoms with Gasteiger partial charge in [-0.1, -0.05) is 18.2 Å². The number of allylic oxidation sites excluding steroid dienone is 1. The van der Waals surface area contributed by atoms with Gasteiger partial charge in [-0.05, 0) is 87.1 Å². The number of anilines is 1. The van der Waals surface area contributed by atoms with E-state index in [1.807, 2.05) is 18.2 Å². The summed E-state index contributed by atoms with van der Waals surface area (Å²) >= 11 is 0. The summed E-state index contributed by atoms with van der Waals surface area (Å²) < 4.78 is 27.6. The normalized spacial score (nSPS) is 18.2.